The maximum atomic E-state index is 12.7. The molecule has 0 bridgehead atoms. The Morgan fingerprint density at radius 1 is 1.19 bits per heavy atom. The van der Waals surface area contributed by atoms with Gasteiger partial charge in [0.05, 0.1) is 12.0 Å². The van der Waals surface area contributed by atoms with Crippen LogP contribution in [0.15, 0.2) is 24.3 Å². The van der Waals surface area contributed by atoms with Gasteiger partial charge in [0.25, 0.3) is 0 Å². The van der Waals surface area contributed by atoms with Crippen molar-refractivity contribution in [2.45, 2.75) is 46.3 Å². The number of carbonyl (C=O) groups excluding carboxylic acids is 1. The SMILES string of the molecule is CC(C)CN(C(=O)Cc1cccc(C(F)(F)F)c1)C(C)C. The van der Waals surface area contributed by atoms with Crippen LogP contribution in [0.1, 0.15) is 38.8 Å². The molecule has 0 aliphatic heterocycles. The van der Waals surface area contributed by atoms with E-state index < -0.39 is 11.7 Å². The summed E-state index contributed by atoms with van der Waals surface area (Å²) in [5, 5.41) is 0. The van der Waals surface area contributed by atoms with Crippen LogP contribution in [0.4, 0.5) is 13.2 Å². The van der Waals surface area contributed by atoms with Gasteiger partial charge in [-0.05, 0) is 31.4 Å². The van der Waals surface area contributed by atoms with E-state index in [0.717, 1.165) is 12.1 Å². The number of carbonyl (C=O) groups is 1. The van der Waals surface area contributed by atoms with Crippen molar-refractivity contribution in [2.75, 3.05) is 6.54 Å². The molecule has 0 aromatic heterocycles. The molecule has 1 aromatic rings. The van der Waals surface area contributed by atoms with E-state index in [2.05, 4.69) is 0 Å². The minimum Gasteiger partial charge on any atom is -0.340 e. The molecule has 0 saturated carbocycles. The van der Waals surface area contributed by atoms with E-state index in [1.165, 1.54) is 6.07 Å². The Hall–Kier alpha value is -1.52. The van der Waals surface area contributed by atoms with Gasteiger partial charge in [-0.15, -0.1) is 0 Å². The van der Waals surface area contributed by atoms with Crippen LogP contribution in [-0.4, -0.2) is 23.4 Å². The molecule has 0 N–H and O–H groups in total. The Morgan fingerprint density at radius 3 is 2.29 bits per heavy atom. The van der Waals surface area contributed by atoms with Crippen molar-refractivity contribution in [3.63, 3.8) is 0 Å². The number of hydrogen-bond donors (Lipinski definition) is 0. The lowest BCUT2D eigenvalue weighted by molar-refractivity contribution is -0.138. The Labute approximate surface area is 123 Å². The molecule has 21 heavy (non-hydrogen) atoms. The number of benzene rings is 1. The first-order valence-electron chi connectivity index (χ1n) is 7.07. The fourth-order valence-corrected chi connectivity index (χ4v) is 2.13. The van der Waals surface area contributed by atoms with Crippen molar-refractivity contribution in [1.29, 1.82) is 0 Å². The molecule has 0 fully saturated rings. The first-order chi connectivity index (χ1) is 9.61. The summed E-state index contributed by atoms with van der Waals surface area (Å²) in [4.78, 5) is 14.0. The fourth-order valence-electron chi connectivity index (χ4n) is 2.13. The number of halogens is 3. The molecule has 0 atom stereocenters. The first kappa shape index (κ1) is 17.5. The second-order valence-electron chi connectivity index (χ2n) is 5.91. The molecular weight excluding hydrogens is 279 g/mol. The Bertz CT molecular complexity index is 481. The Morgan fingerprint density at radius 2 is 1.81 bits per heavy atom. The smallest absolute Gasteiger partial charge is 0.340 e. The summed E-state index contributed by atoms with van der Waals surface area (Å²) in [6, 6.07) is 4.99. The van der Waals surface area contributed by atoms with Gasteiger partial charge in [-0.2, -0.15) is 13.2 Å². The Balaban J connectivity index is 2.86. The summed E-state index contributed by atoms with van der Waals surface area (Å²) in [7, 11) is 0. The monoisotopic (exact) mass is 301 g/mol. The van der Waals surface area contributed by atoms with Gasteiger partial charge in [-0.3, -0.25) is 4.79 Å². The molecule has 0 spiro atoms. The predicted octanol–water partition coefficient (Wildman–Crippen LogP) is 4.14. The van der Waals surface area contributed by atoms with E-state index >= 15 is 0 Å². The standard InChI is InChI=1S/C16H22F3NO/c1-11(2)10-20(12(3)4)15(21)9-13-6-5-7-14(8-13)16(17,18)19/h5-8,11-12H,9-10H2,1-4H3. The normalized spacial score (nSPS) is 12.0. The van der Waals surface area contributed by atoms with Gasteiger partial charge in [0, 0.05) is 12.6 Å². The summed E-state index contributed by atoms with van der Waals surface area (Å²) in [6.07, 6.45) is -4.39. The van der Waals surface area contributed by atoms with Gasteiger partial charge < -0.3 is 4.90 Å². The summed E-state index contributed by atoms with van der Waals surface area (Å²) in [6.45, 7) is 8.44. The second-order valence-corrected chi connectivity index (χ2v) is 5.91. The number of rotatable bonds is 5. The number of hydrogen-bond acceptors (Lipinski definition) is 1. The second kappa shape index (κ2) is 6.96. The number of alkyl halides is 3. The van der Waals surface area contributed by atoms with Gasteiger partial charge in [0.15, 0.2) is 0 Å². The maximum Gasteiger partial charge on any atom is 0.416 e. The lowest BCUT2D eigenvalue weighted by Gasteiger charge is -2.28. The van der Waals surface area contributed by atoms with E-state index in [4.69, 9.17) is 0 Å². The van der Waals surface area contributed by atoms with Crippen LogP contribution in [-0.2, 0) is 17.4 Å². The average Bonchev–Trinajstić information content (AvgIpc) is 2.34. The van der Waals surface area contributed by atoms with Crippen LogP contribution < -0.4 is 0 Å². The van der Waals surface area contributed by atoms with Crippen LogP contribution >= 0.6 is 0 Å². The molecule has 2 nitrogen and oxygen atoms in total. The van der Waals surface area contributed by atoms with Crippen LogP contribution in [0, 0.1) is 5.92 Å². The molecule has 118 valence electrons. The first-order valence-corrected chi connectivity index (χ1v) is 7.07. The van der Waals surface area contributed by atoms with Gasteiger partial charge in [0.1, 0.15) is 0 Å². The van der Waals surface area contributed by atoms with Crippen molar-refractivity contribution >= 4 is 5.91 Å². The lowest BCUT2D eigenvalue weighted by atomic mass is 10.1. The molecule has 0 aliphatic carbocycles. The molecule has 0 radical (unpaired) electrons. The zero-order chi connectivity index (χ0) is 16.2. The third kappa shape index (κ3) is 5.40. The van der Waals surface area contributed by atoms with Gasteiger partial charge in [-0.1, -0.05) is 32.0 Å². The third-order valence-corrected chi connectivity index (χ3v) is 3.12. The fraction of sp³-hybridized carbons (Fsp3) is 0.562. The van der Waals surface area contributed by atoms with Crippen molar-refractivity contribution in [1.82, 2.24) is 4.90 Å². The summed E-state index contributed by atoms with van der Waals surface area (Å²) < 4.78 is 38.0. The highest BCUT2D eigenvalue weighted by atomic mass is 19.4. The molecule has 5 heteroatoms. The predicted molar refractivity (Wildman–Crippen MR) is 76.8 cm³/mol. The molecule has 0 aliphatic rings. The van der Waals surface area contributed by atoms with Crippen molar-refractivity contribution in [3.05, 3.63) is 35.4 Å². The summed E-state index contributed by atoms with van der Waals surface area (Å²) in [5.74, 6) is 0.177. The van der Waals surface area contributed by atoms with E-state index in [1.54, 1.807) is 11.0 Å². The number of amides is 1. The highest BCUT2D eigenvalue weighted by Crippen LogP contribution is 2.29. The molecule has 0 unspecified atom stereocenters. The molecule has 1 aromatic carbocycles. The number of nitrogens with zero attached hydrogens (tertiary/aromatic N) is 1. The Kier molecular flexibility index (Phi) is 5.81. The van der Waals surface area contributed by atoms with E-state index in [1.807, 2.05) is 27.7 Å². The largest absolute Gasteiger partial charge is 0.416 e. The van der Waals surface area contributed by atoms with E-state index in [9.17, 15) is 18.0 Å². The minimum absolute atomic E-state index is 0.00514. The highest BCUT2D eigenvalue weighted by Gasteiger charge is 2.30. The van der Waals surface area contributed by atoms with Crippen LogP contribution in [0.2, 0.25) is 0 Å². The van der Waals surface area contributed by atoms with Crippen molar-refractivity contribution in [3.8, 4) is 0 Å². The molecule has 0 heterocycles. The topological polar surface area (TPSA) is 20.3 Å². The van der Waals surface area contributed by atoms with Crippen LogP contribution in [0.25, 0.3) is 0 Å². The van der Waals surface area contributed by atoms with Crippen molar-refractivity contribution in [2.24, 2.45) is 5.92 Å². The molecular formula is C16H22F3NO. The molecule has 1 amide bonds. The molecule has 1 rings (SSSR count). The summed E-state index contributed by atoms with van der Waals surface area (Å²) in [5.41, 5.74) is -0.322. The molecule has 0 saturated heterocycles. The van der Waals surface area contributed by atoms with Crippen LogP contribution in [0.3, 0.4) is 0 Å². The highest BCUT2D eigenvalue weighted by molar-refractivity contribution is 5.79. The zero-order valence-corrected chi connectivity index (χ0v) is 12.9. The van der Waals surface area contributed by atoms with Gasteiger partial charge in [-0.25, -0.2) is 0 Å². The maximum absolute atomic E-state index is 12.7. The zero-order valence-electron chi connectivity index (χ0n) is 12.9. The van der Waals surface area contributed by atoms with Gasteiger partial charge >= 0.3 is 6.18 Å². The van der Waals surface area contributed by atoms with Crippen LogP contribution in [0.5, 0.6) is 0 Å². The van der Waals surface area contributed by atoms with E-state index in [0.29, 0.717) is 18.0 Å². The average molecular weight is 301 g/mol. The quantitative estimate of drug-likeness (QED) is 0.800. The minimum atomic E-state index is -4.38. The summed E-state index contributed by atoms with van der Waals surface area (Å²) >= 11 is 0. The van der Waals surface area contributed by atoms with Gasteiger partial charge in [0.2, 0.25) is 5.91 Å². The van der Waals surface area contributed by atoms with Crippen molar-refractivity contribution < 1.29 is 18.0 Å². The third-order valence-electron chi connectivity index (χ3n) is 3.12. The lowest BCUT2D eigenvalue weighted by Crippen LogP contribution is -2.40. The van der Waals surface area contributed by atoms with E-state index in [-0.39, 0.29) is 18.4 Å².